The van der Waals surface area contributed by atoms with Crippen molar-refractivity contribution in [3.63, 3.8) is 0 Å². The summed E-state index contributed by atoms with van der Waals surface area (Å²) in [6.07, 6.45) is 11.8. The van der Waals surface area contributed by atoms with Crippen molar-refractivity contribution in [3.05, 3.63) is 59.4 Å². The fourth-order valence-electron chi connectivity index (χ4n) is 2.48. The van der Waals surface area contributed by atoms with Crippen molar-refractivity contribution in [3.8, 4) is 0 Å². The van der Waals surface area contributed by atoms with Crippen LogP contribution in [0.3, 0.4) is 0 Å². The van der Waals surface area contributed by atoms with Crippen molar-refractivity contribution in [1.82, 2.24) is 19.9 Å². The molecule has 114 valence electrons. The first-order chi connectivity index (χ1) is 11.8. The summed E-state index contributed by atoms with van der Waals surface area (Å²) in [5.41, 5.74) is 3.66. The summed E-state index contributed by atoms with van der Waals surface area (Å²) < 4.78 is 2.16. The van der Waals surface area contributed by atoms with Crippen LogP contribution >= 0.6 is 22.7 Å². The van der Waals surface area contributed by atoms with Gasteiger partial charge in [0, 0.05) is 21.8 Å². The van der Waals surface area contributed by atoms with Crippen LogP contribution in [0.2, 0.25) is 0 Å². The summed E-state index contributed by atoms with van der Waals surface area (Å²) in [5, 5.41) is 0. The molecule has 5 rings (SSSR count). The summed E-state index contributed by atoms with van der Waals surface area (Å²) in [6, 6.07) is 8.09. The van der Waals surface area contributed by atoms with Crippen LogP contribution in [0.4, 0.5) is 0 Å². The standard InChI is InChI=1S/C18H10N4S2/c1-5-13-9-19-18(23-13)16-8-4-12(22-16)2-6-14-10-20-17(24-14)15-7-3-11(1)21-15/h1-10H. The van der Waals surface area contributed by atoms with E-state index in [0.717, 1.165) is 41.8 Å². The quantitative estimate of drug-likeness (QED) is 0.400. The summed E-state index contributed by atoms with van der Waals surface area (Å²) in [5.74, 6) is 0. The minimum absolute atomic E-state index is 0.908. The third kappa shape index (κ3) is 2.46. The fraction of sp³-hybridized carbons (Fsp3) is 0. The van der Waals surface area contributed by atoms with Crippen molar-refractivity contribution in [2.75, 3.05) is 0 Å². The highest BCUT2D eigenvalue weighted by molar-refractivity contribution is 7.23. The lowest BCUT2D eigenvalue weighted by atomic mass is 10.4. The lowest BCUT2D eigenvalue weighted by molar-refractivity contribution is 1.32. The number of thiazole rings is 2. The van der Waals surface area contributed by atoms with Crippen molar-refractivity contribution in [2.24, 2.45) is 0 Å². The second-order valence-corrected chi connectivity index (χ2v) is 7.44. The van der Waals surface area contributed by atoms with Gasteiger partial charge in [-0.3, -0.25) is 0 Å². The monoisotopic (exact) mass is 346 g/mol. The van der Waals surface area contributed by atoms with Crippen LogP contribution in [-0.2, 0) is 0 Å². The van der Waals surface area contributed by atoms with Crippen LogP contribution in [0.15, 0.2) is 36.7 Å². The molecule has 4 nitrogen and oxygen atoms in total. The molecule has 3 aromatic rings. The Hall–Kier alpha value is -2.70. The molecule has 0 N–H and O–H groups in total. The third-order valence-electron chi connectivity index (χ3n) is 3.65. The van der Waals surface area contributed by atoms with Gasteiger partial charge in [0.2, 0.25) is 0 Å². The molecule has 3 aromatic heterocycles. The molecule has 0 spiro atoms. The largest absolute Gasteiger partial charge is 0.246 e. The maximum absolute atomic E-state index is 4.63. The third-order valence-corrected chi connectivity index (χ3v) is 5.62. The lowest BCUT2D eigenvalue weighted by Crippen LogP contribution is -1.73. The Morgan fingerprint density at radius 3 is 1.58 bits per heavy atom. The van der Waals surface area contributed by atoms with E-state index in [1.165, 1.54) is 0 Å². The van der Waals surface area contributed by atoms with E-state index in [1.54, 1.807) is 22.7 Å². The van der Waals surface area contributed by atoms with E-state index in [0.29, 0.717) is 0 Å². The number of aromatic nitrogens is 4. The van der Waals surface area contributed by atoms with Crippen LogP contribution in [0.5, 0.6) is 0 Å². The first-order valence-electron chi connectivity index (χ1n) is 7.39. The minimum atomic E-state index is 0.908. The molecule has 0 unspecified atom stereocenters. The molecule has 0 saturated carbocycles. The molecule has 2 aliphatic heterocycles. The number of fused-ring (bicyclic) bond motifs is 10. The van der Waals surface area contributed by atoms with Crippen LogP contribution in [-0.4, -0.2) is 19.9 Å². The van der Waals surface area contributed by atoms with Gasteiger partial charge in [0.05, 0.1) is 22.8 Å². The highest BCUT2D eigenvalue weighted by Gasteiger charge is 2.05. The van der Waals surface area contributed by atoms with Crippen LogP contribution in [0.25, 0.3) is 43.4 Å². The zero-order valence-corrected chi connectivity index (χ0v) is 14.0. The Labute approximate surface area is 145 Å². The van der Waals surface area contributed by atoms with E-state index in [2.05, 4.69) is 19.9 Å². The van der Waals surface area contributed by atoms with Gasteiger partial charge in [-0.25, -0.2) is 19.9 Å². The molecule has 6 heteroatoms. The molecule has 0 atom stereocenters. The van der Waals surface area contributed by atoms with Crippen molar-refractivity contribution in [2.45, 2.75) is 0 Å². The molecule has 0 amide bonds. The highest BCUT2D eigenvalue weighted by atomic mass is 32.1. The van der Waals surface area contributed by atoms with Crippen molar-refractivity contribution < 1.29 is 0 Å². The first-order valence-corrected chi connectivity index (χ1v) is 9.03. The van der Waals surface area contributed by atoms with Crippen molar-refractivity contribution >= 4 is 66.0 Å². The lowest BCUT2D eigenvalue weighted by Gasteiger charge is -1.83. The summed E-state index contributed by atoms with van der Waals surface area (Å²) in [4.78, 5) is 20.1. The van der Waals surface area contributed by atoms with Crippen molar-refractivity contribution in [1.29, 1.82) is 0 Å². The van der Waals surface area contributed by atoms with Gasteiger partial charge in [-0.15, -0.1) is 22.7 Å². The van der Waals surface area contributed by atoms with E-state index < -0.39 is 0 Å². The zero-order chi connectivity index (χ0) is 15.9. The molecular weight excluding hydrogens is 336 g/mol. The Morgan fingerprint density at radius 2 is 1.08 bits per heavy atom. The minimum Gasteiger partial charge on any atom is -0.246 e. The number of hydrogen-bond donors (Lipinski definition) is 0. The van der Waals surface area contributed by atoms with Gasteiger partial charge < -0.3 is 0 Å². The van der Waals surface area contributed by atoms with Crippen LogP contribution in [0, 0.1) is 0 Å². The average Bonchev–Trinajstić information content (AvgIpc) is 3.37. The van der Waals surface area contributed by atoms with Gasteiger partial charge >= 0.3 is 0 Å². The Bertz CT molecular complexity index is 1070. The average molecular weight is 346 g/mol. The second kappa shape index (κ2) is 5.43. The molecule has 0 fully saturated rings. The molecule has 0 saturated heterocycles. The first kappa shape index (κ1) is 13.7. The van der Waals surface area contributed by atoms with Gasteiger partial charge in [-0.1, -0.05) is 0 Å². The summed E-state index contributed by atoms with van der Waals surface area (Å²) in [6.45, 7) is 0. The Morgan fingerprint density at radius 1 is 0.583 bits per heavy atom. The van der Waals surface area contributed by atoms with E-state index >= 15 is 0 Å². The zero-order valence-electron chi connectivity index (χ0n) is 12.4. The molecule has 8 bridgehead atoms. The van der Waals surface area contributed by atoms with Gasteiger partial charge in [0.15, 0.2) is 0 Å². The Kier molecular flexibility index (Phi) is 3.11. The molecule has 0 aliphatic carbocycles. The Balaban J connectivity index is 1.85. The predicted molar refractivity (Wildman–Crippen MR) is 102 cm³/mol. The van der Waals surface area contributed by atoms with Gasteiger partial charge in [-0.05, 0) is 48.6 Å². The summed E-state index contributed by atoms with van der Waals surface area (Å²) >= 11 is 3.25. The smallest absolute Gasteiger partial charge is 0.142 e. The number of nitrogens with zero attached hydrogens (tertiary/aromatic N) is 4. The van der Waals surface area contributed by atoms with Crippen LogP contribution < -0.4 is 0 Å². The second-order valence-electron chi connectivity index (χ2n) is 5.31. The summed E-state index contributed by atoms with van der Waals surface area (Å²) in [7, 11) is 0. The predicted octanol–water partition coefficient (Wildman–Crippen LogP) is 4.91. The number of hydrogen-bond acceptors (Lipinski definition) is 6. The normalized spacial score (nSPS) is 12.7. The van der Waals surface area contributed by atoms with E-state index in [4.69, 9.17) is 0 Å². The number of rotatable bonds is 0. The molecule has 0 aromatic carbocycles. The fourth-order valence-corrected chi connectivity index (χ4v) is 4.06. The SMILES string of the molecule is C1=Cc2nc1ccc1cnc(s1)c1nc(ccc3cnc2s3)C=C1. The molecule has 2 aliphatic rings. The highest BCUT2D eigenvalue weighted by Crippen LogP contribution is 2.24. The van der Waals surface area contributed by atoms with E-state index in [9.17, 15) is 0 Å². The van der Waals surface area contributed by atoms with E-state index in [1.807, 2.05) is 61.0 Å². The molecule has 5 heterocycles. The van der Waals surface area contributed by atoms with E-state index in [-0.39, 0.29) is 0 Å². The van der Waals surface area contributed by atoms with Gasteiger partial charge in [-0.2, -0.15) is 0 Å². The molecular formula is C18H10N4S2. The molecule has 24 heavy (non-hydrogen) atoms. The van der Waals surface area contributed by atoms with Gasteiger partial charge in [0.1, 0.15) is 9.66 Å². The van der Waals surface area contributed by atoms with Gasteiger partial charge in [0.25, 0.3) is 0 Å². The maximum atomic E-state index is 4.63. The van der Waals surface area contributed by atoms with Crippen LogP contribution in [0.1, 0.15) is 22.8 Å². The molecule has 0 radical (unpaired) electrons. The topological polar surface area (TPSA) is 51.6 Å². The maximum Gasteiger partial charge on any atom is 0.142 e.